The molecule has 1 N–H and O–H groups in total. The second-order valence-electron chi connectivity index (χ2n) is 4.69. The number of fused-ring (bicyclic) bond motifs is 1. The van der Waals surface area contributed by atoms with Crippen LogP contribution in [0.2, 0.25) is 0 Å². The number of benzene rings is 2. The first kappa shape index (κ1) is 12.5. The van der Waals surface area contributed by atoms with Crippen molar-refractivity contribution in [1.29, 1.82) is 0 Å². The molecule has 0 aliphatic carbocycles. The number of hydrogen-bond acceptors (Lipinski definition) is 3. The Labute approximate surface area is 116 Å². The predicted octanol–water partition coefficient (Wildman–Crippen LogP) is 2.83. The van der Waals surface area contributed by atoms with Gasteiger partial charge in [-0.05, 0) is 29.7 Å². The van der Waals surface area contributed by atoms with Gasteiger partial charge in [0.25, 0.3) is 0 Å². The van der Waals surface area contributed by atoms with Crippen LogP contribution in [0.3, 0.4) is 0 Å². The van der Waals surface area contributed by atoms with Crippen LogP contribution in [0.1, 0.15) is 17.0 Å². The summed E-state index contributed by atoms with van der Waals surface area (Å²) in [5.41, 5.74) is 1.73. The topological polar surface area (TPSA) is 55.8 Å². The van der Waals surface area contributed by atoms with E-state index in [1.54, 1.807) is 0 Å². The number of aliphatic carboxylic acids is 1. The van der Waals surface area contributed by atoms with Gasteiger partial charge < -0.3 is 14.6 Å². The minimum absolute atomic E-state index is 0.222. The van der Waals surface area contributed by atoms with E-state index in [1.165, 1.54) is 0 Å². The molecule has 1 aliphatic heterocycles. The zero-order valence-electron chi connectivity index (χ0n) is 10.8. The van der Waals surface area contributed by atoms with Crippen molar-refractivity contribution in [3.63, 3.8) is 0 Å². The van der Waals surface area contributed by atoms with Crippen molar-refractivity contribution in [2.24, 2.45) is 0 Å². The summed E-state index contributed by atoms with van der Waals surface area (Å²) in [6.07, 6.45) is 0.427. The number of hydrogen-bond donors (Lipinski definition) is 1. The number of carboxylic acids is 1. The van der Waals surface area contributed by atoms with E-state index in [2.05, 4.69) is 0 Å². The van der Waals surface area contributed by atoms with Crippen LogP contribution in [0.25, 0.3) is 0 Å². The van der Waals surface area contributed by atoms with E-state index in [0.717, 1.165) is 11.1 Å². The number of rotatable bonds is 4. The Kier molecular flexibility index (Phi) is 3.29. The van der Waals surface area contributed by atoms with Gasteiger partial charge in [0.1, 0.15) is 0 Å². The van der Waals surface area contributed by atoms with Crippen molar-refractivity contribution in [2.75, 3.05) is 6.79 Å². The highest BCUT2D eigenvalue weighted by Gasteiger charge is 2.21. The molecule has 3 rings (SSSR count). The molecule has 0 aromatic heterocycles. The largest absolute Gasteiger partial charge is 0.481 e. The van der Waals surface area contributed by atoms with Crippen LogP contribution in [-0.4, -0.2) is 17.9 Å². The van der Waals surface area contributed by atoms with Crippen LogP contribution in [-0.2, 0) is 11.2 Å². The van der Waals surface area contributed by atoms with Crippen molar-refractivity contribution in [2.45, 2.75) is 12.3 Å². The van der Waals surface area contributed by atoms with E-state index in [0.29, 0.717) is 17.9 Å². The summed E-state index contributed by atoms with van der Waals surface area (Å²) >= 11 is 0. The summed E-state index contributed by atoms with van der Waals surface area (Å²) in [7, 11) is 0. The maximum Gasteiger partial charge on any atom is 0.311 e. The molecule has 2 aromatic rings. The maximum absolute atomic E-state index is 11.5. The third-order valence-corrected chi connectivity index (χ3v) is 3.38. The van der Waals surface area contributed by atoms with Crippen molar-refractivity contribution in [3.8, 4) is 11.5 Å². The van der Waals surface area contributed by atoms with Gasteiger partial charge in [0, 0.05) is 0 Å². The normalized spacial score (nSPS) is 14.0. The quantitative estimate of drug-likeness (QED) is 0.928. The third-order valence-electron chi connectivity index (χ3n) is 3.38. The van der Waals surface area contributed by atoms with Crippen LogP contribution in [0.5, 0.6) is 11.5 Å². The molecule has 0 saturated carbocycles. The van der Waals surface area contributed by atoms with Gasteiger partial charge in [0.15, 0.2) is 11.5 Å². The average Bonchev–Trinajstić information content (AvgIpc) is 2.93. The van der Waals surface area contributed by atoms with E-state index in [1.807, 2.05) is 48.5 Å². The SMILES string of the molecule is O=C(O)C(Cc1ccc2c(c1)OCO2)c1ccccc1. The zero-order chi connectivity index (χ0) is 13.9. The van der Waals surface area contributed by atoms with Crippen LogP contribution in [0.4, 0.5) is 0 Å². The molecule has 0 spiro atoms. The molecular formula is C16H14O4. The second-order valence-corrected chi connectivity index (χ2v) is 4.69. The Balaban J connectivity index is 1.86. The molecule has 0 amide bonds. The van der Waals surface area contributed by atoms with Gasteiger partial charge in [-0.2, -0.15) is 0 Å². The highest BCUT2D eigenvalue weighted by Crippen LogP contribution is 2.34. The summed E-state index contributed by atoms with van der Waals surface area (Å²) < 4.78 is 10.6. The van der Waals surface area contributed by atoms with E-state index in [4.69, 9.17) is 9.47 Å². The highest BCUT2D eigenvalue weighted by molar-refractivity contribution is 5.76. The fourth-order valence-electron chi connectivity index (χ4n) is 2.34. The standard InChI is InChI=1S/C16H14O4/c17-16(18)13(12-4-2-1-3-5-12)8-11-6-7-14-15(9-11)20-10-19-14/h1-7,9,13H,8,10H2,(H,17,18). The van der Waals surface area contributed by atoms with Crippen molar-refractivity contribution in [3.05, 3.63) is 59.7 Å². The molecule has 4 heteroatoms. The lowest BCUT2D eigenvalue weighted by molar-refractivity contribution is -0.138. The summed E-state index contributed by atoms with van der Waals surface area (Å²) in [6.45, 7) is 0.222. The first-order chi connectivity index (χ1) is 9.74. The summed E-state index contributed by atoms with van der Waals surface area (Å²) in [5.74, 6) is 0.00507. The Bertz CT molecular complexity index is 622. The lowest BCUT2D eigenvalue weighted by atomic mass is 9.92. The van der Waals surface area contributed by atoms with Gasteiger partial charge in [-0.15, -0.1) is 0 Å². The first-order valence-electron chi connectivity index (χ1n) is 6.40. The number of carbonyl (C=O) groups is 1. The van der Waals surface area contributed by atoms with Gasteiger partial charge in [0.05, 0.1) is 5.92 Å². The average molecular weight is 270 g/mol. The molecule has 1 atom stereocenters. The van der Waals surface area contributed by atoms with Crippen LogP contribution in [0, 0.1) is 0 Å². The number of ether oxygens (including phenoxy) is 2. The molecule has 2 aromatic carbocycles. The van der Waals surface area contributed by atoms with Gasteiger partial charge in [-0.3, -0.25) is 4.79 Å². The Morgan fingerprint density at radius 1 is 1.10 bits per heavy atom. The minimum atomic E-state index is -0.825. The van der Waals surface area contributed by atoms with E-state index in [-0.39, 0.29) is 6.79 Å². The Morgan fingerprint density at radius 2 is 1.85 bits per heavy atom. The summed E-state index contributed by atoms with van der Waals surface area (Å²) in [4.78, 5) is 11.5. The molecule has 0 radical (unpaired) electrons. The van der Waals surface area contributed by atoms with E-state index >= 15 is 0 Å². The fourth-order valence-corrected chi connectivity index (χ4v) is 2.34. The molecule has 102 valence electrons. The lowest BCUT2D eigenvalue weighted by Gasteiger charge is -2.13. The van der Waals surface area contributed by atoms with Crippen LogP contribution in [0.15, 0.2) is 48.5 Å². The van der Waals surface area contributed by atoms with Crippen LogP contribution < -0.4 is 9.47 Å². The van der Waals surface area contributed by atoms with Crippen molar-refractivity contribution in [1.82, 2.24) is 0 Å². The Hall–Kier alpha value is -2.49. The third kappa shape index (κ3) is 2.45. The Morgan fingerprint density at radius 3 is 2.60 bits per heavy atom. The van der Waals surface area contributed by atoms with Gasteiger partial charge in [-0.1, -0.05) is 36.4 Å². The smallest absolute Gasteiger partial charge is 0.311 e. The van der Waals surface area contributed by atoms with Crippen molar-refractivity contribution < 1.29 is 19.4 Å². The lowest BCUT2D eigenvalue weighted by Crippen LogP contribution is -2.14. The number of carboxylic acid groups (broad SMARTS) is 1. The molecule has 0 saturated heterocycles. The van der Waals surface area contributed by atoms with Gasteiger partial charge >= 0.3 is 5.97 Å². The minimum Gasteiger partial charge on any atom is -0.481 e. The molecule has 1 heterocycles. The molecule has 0 bridgehead atoms. The highest BCUT2D eigenvalue weighted by atomic mass is 16.7. The second kappa shape index (κ2) is 5.25. The molecule has 1 unspecified atom stereocenters. The first-order valence-corrected chi connectivity index (χ1v) is 6.40. The summed E-state index contributed by atoms with van der Waals surface area (Å²) in [6, 6.07) is 14.8. The monoisotopic (exact) mass is 270 g/mol. The van der Waals surface area contributed by atoms with Gasteiger partial charge in [-0.25, -0.2) is 0 Å². The zero-order valence-corrected chi connectivity index (χ0v) is 10.8. The molecule has 1 aliphatic rings. The fraction of sp³-hybridized carbons (Fsp3) is 0.188. The maximum atomic E-state index is 11.5. The van der Waals surface area contributed by atoms with Gasteiger partial charge in [0.2, 0.25) is 6.79 Å². The van der Waals surface area contributed by atoms with E-state index in [9.17, 15) is 9.90 Å². The van der Waals surface area contributed by atoms with Crippen LogP contribution >= 0.6 is 0 Å². The van der Waals surface area contributed by atoms with E-state index < -0.39 is 11.9 Å². The molecule has 4 nitrogen and oxygen atoms in total. The molecule has 0 fully saturated rings. The predicted molar refractivity (Wildman–Crippen MR) is 73.1 cm³/mol. The summed E-state index contributed by atoms with van der Waals surface area (Å²) in [5, 5.41) is 9.43. The molecule has 20 heavy (non-hydrogen) atoms. The van der Waals surface area contributed by atoms with Crippen molar-refractivity contribution >= 4 is 5.97 Å². The molecular weight excluding hydrogens is 256 g/mol.